The first-order chi connectivity index (χ1) is 7.16. The standard InChI is InChI=1S/C12H26N2O/c1-4-5-6-7-8-9-13-12(15)10-14-11(2)3/h11,14H,4-10H2,1-3H3,(H,13,15). The molecule has 0 bridgehead atoms. The van der Waals surface area contributed by atoms with Crippen molar-refractivity contribution in [2.24, 2.45) is 0 Å². The van der Waals surface area contributed by atoms with E-state index in [1.165, 1.54) is 25.7 Å². The summed E-state index contributed by atoms with van der Waals surface area (Å²) in [4.78, 5) is 11.3. The Morgan fingerprint density at radius 2 is 1.80 bits per heavy atom. The van der Waals surface area contributed by atoms with Gasteiger partial charge in [0.1, 0.15) is 0 Å². The monoisotopic (exact) mass is 214 g/mol. The minimum Gasteiger partial charge on any atom is -0.355 e. The SMILES string of the molecule is CCCCCCCNC(=O)CNC(C)C. The summed E-state index contributed by atoms with van der Waals surface area (Å²) in [6, 6.07) is 0.375. The highest BCUT2D eigenvalue weighted by Gasteiger charge is 2.00. The van der Waals surface area contributed by atoms with Crippen LogP contribution in [0.4, 0.5) is 0 Å². The van der Waals surface area contributed by atoms with E-state index < -0.39 is 0 Å². The normalized spacial score (nSPS) is 10.7. The summed E-state index contributed by atoms with van der Waals surface area (Å²) in [6.07, 6.45) is 6.20. The molecule has 0 aliphatic heterocycles. The van der Waals surface area contributed by atoms with Crippen LogP contribution in [-0.4, -0.2) is 25.0 Å². The molecule has 0 radical (unpaired) electrons. The van der Waals surface area contributed by atoms with E-state index in [4.69, 9.17) is 0 Å². The van der Waals surface area contributed by atoms with Crippen LogP contribution in [-0.2, 0) is 4.79 Å². The van der Waals surface area contributed by atoms with Crippen LogP contribution in [0.2, 0.25) is 0 Å². The average molecular weight is 214 g/mol. The molecular formula is C12H26N2O. The Morgan fingerprint density at radius 3 is 2.40 bits per heavy atom. The molecule has 1 amide bonds. The van der Waals surface area contributed by atoms with Crippen LogP contribution in [0.5, 0.6) is 0 Å². The Kier molecular flexibility index (Phi) is 9.59. The maximum atomic E-state index is 11.3. The lowest BCUT2D eigenvalue weighted by Crippen LogP contribution is -2.37. The van der Waals surface area contributed by atoms with Crippen LogP contribution in [0.3, 0.4) is 0 Å². The van der Waals surface area contributed by atoms with Gasteiger partial charge < -0.3 is 10.6 Å². The van der Waals surface area contributed by atoms with Gasteiger partial charge in [-0.1, -0.05) is 46.5 Å². The second-order valence-corrected chi connectivity index (χ2v) is 4.30. The molecule has 3 nitrogen and oxygen atoms in total. The fourth-order valence-electron chi connectivity index (χ4n) is 1.32. The molecule has 0 saturated carbocycles. The molecule has 0 aromatic heterocycles. The molecule has 0 heterocycles. The van der Waals surface area contributed by atoms with Crippen molar-refractivity contribution in [1.82, 2.24) is 10.6 Å². The summed E-state index contributed by atoms with van der Waals surface area (Å²) < 4.78 is 0. The van der Waals surface area contributed by atoms with Gasteiger partial charge in [-0.05, 0) is 6.42 Å². The minimum absolute atomic E-state index is 0.110. The zero-order chi connectivity index (χ0) is 11.5. The van der Waals surface area contributed by atoms with E-state index in [9.17, 15) is 4.79 Å². The zero-order valence-corrected chi connectivity index (χ0v) is 10.4. The quantitative estimate of drug-likeness (QED) is 0.577. The Labute approximate surface area is 94.0 Å². The van der Waals surface area contributed by atoms with Crippen LogP contribution in [0.15, 0.2) is 0 Å². The Hall–Kier alpha value is -0.570. The van der Waals surface area contributed by atoms with E-state index in [0.29, 0.717) is 12.6 Å². The number of carbonyl (C=O) groups excluding carboxylic acids is 1. The van der Waals surface area contributed by atoms with Crippen molar-refractivity contribution in [1.29, 1.82) is 0 Å². The molecule has 2 N–H and O–H groups in total. The molecule has 0 saturated heterocycles. The largest absolute Gasteiger partial charge is 0.355 e. The van der Waals surface area contributed by atoms with Gasteiger partial charge in [-0.3, -0.25) is 4.79 Å². The number of carbonyl (C=O) groups is 1. The number of rotatable bonds is 9. The predicted molar refractivity (Wildman–Crippen MR) is 64.9 cm³/mol. The van der Waals surface area contributed by atoms with Gasteiger partial charge >= 0.3 is 0 Å². The second-order valence-electron chi connectivity index (χ2n) is 4.30. The van der Waals surface area contributed by atoms with Gasteiger partial charge in [0.2, 0.25) is 5.91 Å². The van der Waals surface area contributed by atoms with Crippen LogP contribution >= 0.6 is 0 Å². The van der Waals surface area contributed by atoms with Crippen molar-refractivity contribution in [3.63, 3.8) is 0 Å². The van der Waals surface area contributed by atoms with Crippen LogP contribution in [0, 0.1) is 0 Å². The minimum atomic E-state index is 0.110. The molecule has 3 heteroatoms. The summed E-state index contributed by atoms with van der Waals surface area (Å²) in [7, 11) is 0. The lowest BCUT2D eigenvalue weighted by molar-refractivity contribution is -0.120. The van der Waals surface area contributed by atoms with Crippen molar-refractivity contribution in [3.05, 3.63) is 0 Å². The first-order valence-corrected chi connectivity index (χ1v) is 6.17. The van der Waals surface area contributed by atoms with E-state index >= 15 is 0 Å². The molecule has 0 spiro atoms. The molecule has 0 fully saturated rings. The molecule has 15 heavy (non-hydrogen) atoms. The molecule has 0 aliphatic carbocycles. The predicted octanol–water partition coefficient (Wildman–Crippen LogP) is 2.07. The lowest BCUT2D eigenvalue weighted by atomic mass is 10.1. The molecule has 90 valence electrons. The molecule has 0 aromatic rings. The summed E-state index contributed by atoms with van der Waals surface area (Å²) in [5.74, 6) is 0.110. The smallest absolute Gasteiger partial charge is 0.233 e. The van der Waals surface area contributed by atoms with E-state index in [1.807, 2.05) is 13.8 Å². The van der Waals surface area contributed by atoms with Crippen LogP contribution in [0.1, 0.15) is 52.9 Å². The van der Waals surface area contributed by atoms with Gasteiger partial charge in [-0.15, -0.1) is 0 Å². The highest BCUT2D eigenvalue weighted by molar-refractivity contribution is 5.77. The number of hydrogen-bond donors (Lipinski definition) is 2. The van der Waals surface area contributed by atoms with Crippen molar-refractivity contribution >= 4 is 5.91 Å². The van der Waals surface area contributed by atoms with Crippen molar-refractivity contribution < 1.29 is 4.79 Å². The molecule has 0 aliphatic rings. The fourth-order valence-corrected chi connectivity index (χ4v) is 1.32. The van der Waals surface area contributed by atoms with Gasteiger partial charge in [0, 0.05) is 12.6 Å². The number of nitrogens with one attached hydrogen (secondary N) is 2. The summed E-state index contributed by atoms with van der Waals surface area (Å²) in [6.45, 7) is 7.55. The highest BCUT2D eigenvalue weighted by atomic mass is 16.1. The maximum absolute atomic E-state index is 11.3. The molecular weight excluding hydrogens is 188 g/mol. The second kappa shape index (κ2) is 9.97. The van der Waals surface area contributed by atoms with Gasteiger partial charge in [-0.2, -0.15) is 0 Å². The Balaban J connectivity index is 3.17. The number of hydrogen-bond acceptors (Lipinski definition) is 2. The van der Waals surface area contributed by atoms with Gasteiger partial charge in [0.05, 0.1) is 6.54 Å². The van der Waals surface area contributed by atoms with E-state index in [2.05, 4.69) is 17.6 Å². The maximum Gasteiger partial charge on any atom is 0.233 e. The summed E-state index contributed by atoms with van der Waals surface area (Å²) >= 11 is 0. The third kappa shape index (κ3) is 11.4. The molecule has 0 atom stereocenters. The highest BCUT2D eigenvalue weighted by Crippen LogP contribution is 2.00. The number of unbranched alkanes of at least 4 members (excludes halogenated alkanes) is 4. The molecule has 0 unspecified atom stereocenters. The van der Waals surface area contributed by atoms with E-state index in [0.717, 1.165) is 13.0 Å². The van der Waals surface area contributed by atoms with Crippen molar-refractivity contribution in [2.45, 2.75) is 58.9 Å². The van der Waals surface area contributed by atoms with Gasteiger partial charge in [0.25, 0.3) is 0 Å². The van der Waals surface area contributed by atoms with Crippen molar-refractivity contribution in [2.75, 3.05) is 13.1 Å². The van der Waals surface area contributed by atoms with E-state index in [-0.39, 0.29) is 5.91 Å². The Bertz CT molecular complexity index is 158. The first kappa shape index (κ1) is 14.4. The Morgan fingerprint density at radius 1 is 1.13 bits per heavy atom. The van der Waals surface area contributed by atoms with Gasteiger partial charge in [0.15, 0.2) is 0 Å². The zero-order valence-electron chi connectivity index (χ0n) is 10.4. The van der Waals surface area contributed by atoms with Crippen LogP contribution < -0.4 is 10.6 Å². The summed E-state index contributed by atoms with van der Waals surface area (Å²) in [5.41, 5.74) is 0. The molecule has 0 rings (SSSR count). The first-order valence-electron chi connectivity index (χ1n) is 6.17. The van der Waals surface area contributed by atoms with E-state index in [1.54, 1.807) is 0 Å². The average Bonchev–Trinajstić information content (AvgIpc) is 2.20. The summed E-state index contributed by atoms with van der Waals surface area (Å²) in [5, 5.41) is 6.01. The number of amides is 1. The van der Waals surface area contributed by atoms with Crippen LogP contribution in [0.25, 0.3) is 0 Å². The molecule has 0 aromatic carbocycles. The lowest BCUT2D eigenvalue weighted by Gasteiger charge is -2.08. The topological polar surface area (TPSA) is 41.1 Å². The van der Waals surface area contributed by atoms with Gasteiger partial charge in [-0.25, -0.2) is 0 Å². The van der Waals surface area contributed by atoms with Crippen molar-refractivity contribution in [3.8, 4) is 0 Å². The third-order valence-electron chi connectivity index (χ3n) is 2.27. The third-order valence-corrected chi connectivity index (χ3v) is 2.27. The fraction of sp³-hybridized carbons (Fsp3) is 0.917.